The van der Waals surface area contributed by atoms with Gasteiger partial charge in [0.05, 0.1) is 6.54 Å². The molecular weight excluding hydrogens is 420 g/mol. The molecule has 1 aliphatic rings. The maximum absolute atomic E-state index is 12.7. The Balaban J connectivity index is 2.67. The smallest absolute Gasteiger partial charge is 0.408 e. The molecule has 4 N–H and O–H groups in total. The highest BCUT2D eigenvalue weighted by molar-refractivity contribution is 5.93. The first kappa shape index (κ1) is 27.2. The van der Waals surface area contributed by atoms with Crippen molar-refractivity contribution in [2.24, 2.45) is 5.92 Å². The maximum Gasteiger partial charge on any atom is 0.408 e. The van der Waals surface area contributed by atoms with E-state index < -0.39 is 53.5 Å². The average molecular weight is 457 g/mol. The lowest BCUT2D eigenvalue weighted by Crippen LogP contribution is -2.54. The summed E-state index contributed by atoms with van der Waals surface area (Å²) in [5.41, 5.74) is -0.720. The molecule has 1 fully saturated rings. The van der Waals surface area contributed by atoms with Crippen LogP contribution in [0.15, 0.2) is 0 Å². The molecule has 11 heteroatoms. The summed E-state index contributed by atoms with van der Waals surface area (Å²) in [6.45, 7) is 10.3. The predicted octanol–water partition coefficient (Wildman–Crippen LogP) is 0.622. The van der Waals surface area contributed by atoms with E-state index in [2.05, 4.69) is 16.0 Å². The lowest BCUT2D eigenvalue weighted by atomic mass is 10.0. The van der Waals surface area contributed by atoms with E-state index in [1.54, 1.807) is 20.8 Å². The second-order valence-electron chi connectivity index (χ2n) is 9.36. The number of hydrogen-bond acceptors (Lipinski definition) is 6. The molecule has 0 spiro atoms. The fourth-order valence-electron chi connectivity index (χ4n) is 3.26. The molecule has 0 radical (unpaired) electrons. The summed E-state index contributed by atoms with van der Waals surface area (Å²) >= 11 is 0. The van der Waals surface area contributed by atoms with Gasteiger partial charge in [0.25, 0.3) is 0 Å². The highest BCUT2D eigenvalue weighted by atomic mass is 16.6. The highest BCUT2D eigenvalue weighted by Gasteiger charge is 2.34. The lowest BCUT2D eigenvalue weighted by molar-refractivity contribution is -0.148. The number of carbonyl (C=O) groups excluding carboxylic acids is 4. The number of nitrogens with one attached hydrogen (secondary N) is 3. The Morgan fingerprint density at radius 2 is 1.69 bits per heavy atom. The van der Waals surface area contributed by atoms with Crippen molar-refractivity contribution in [2.45, 2.75) is 84.5 Å². The number of hydrogen-bond donors (Lipinski definition) is 4. The fourth-order valence-corrected chi connectivity index (χ4v) is 3.26. The monoisotopic (exact) mass is 456 g/mol. The summed E-state index contributed by atoms with van der Waals surface area (Å²) in [4.78, 5) is 61.9. The molecule has 1 heterocycles. The Kier molecular flexibility index (Phi) is 9.92. The van der Waals surface area contributed by atoms with E-state index >= 15 is 0 Å². The molecule has 3 atom stereocenters. The zero-order valence-electron chi connectivity index (χ0n) is 19.7. The Bertz CT molecular complexity index is 717. The quantitative estimate of drug-likeness (QED) is 0.396. The number of carboxylic acid groups (broad SMARTS) is 1. The standard InChI is InChI=1S/C21H36N4O7/c1-12(2)10-14(24-17(27)13(3)23-20(31)32-21(4,5)6)18(28)22-11-16(26)25-9-7-8-15(25)19(29)30/h12-15H,7-11H2,1-6H3,(H,22,28)(H,23,31)(H,24,27)(H,29,30)/t13-,14-,15-/m0/s1. The third-order valence-corrected chi connectivity index (χ3v) is 4.74. The van der Waals surface area contributed by atoms with Crippen molar-refractivity contribution >= 4 is 29.8 Å². The molecule has 0 bridgehead atoms. The van der Waals surface area contributed by atoms with Crippen LogP contribution in [0.4, 0.5) is 4.79 Å². The van der Waals surface area contributed by atoms with Crippen LogP contribution in [0.3, 0.4) is 0 Å². The second-order valence-corrected chi connectivity index (χ2v) is 9.36. The number of ether oxygens (including phenoxy) is 1. The molecule has 0 saturated carbocycles. The molecule has 32 heavy (non-hydrogen) atoms. The third-order valence-electron chi connectivity index (χ3n) is 4.74. The first-order valence-corrected chi connectivity index (χ1v) is 10.8. The SMILES string of the molecule is CC(C)C[C@H](NC(=O)[C@H](C)NC(=O)OC(C)(C)C)C(=O)NCC(=O)N1CCC[C@H]1C(=O)O. The largest absolute Gasteiger partial charge is 0.480 e. The summed E-state index contributed by atoms with van der Waals surface area (Å²) in [6, 6.07) is -2.76. The van der Waals surface area contributed by atoms with Gasteiger partial charge in [-0.3, -0.25) is 14.4 Å². The van der Waals surface area contributed by atoms with Gasteiger partial charge in [0, 0.05) is 6.54 Å². The van der Waals surface area contributed by atoms with Gasteiger partial charge in [0.15, 0.2) is 0 Å². The van der Waals surface area contributed by atoms with Gasteiger partial charge in [-0.05, 0) is 52.9 Å². The topological polar surface area (TPSA) is 154 Å². The van der Waals surface area contributed by atoms with Gasteiger partial charge in [-0.15, -0.1) is 0 Å². The molecule has 1 saturated heterocycles. The number of aliphatic carboxylic acids is 1. The summed E-state index contributed by atoms with van der Waals surface area (Å²) in [7, 11) is 0. The van der Waals surface area contributed by atoms with Gasteiger partial charge >= 0.3 is 12.1 Å². The van der Waals surface area contributed by atoms with E-state index in [0.29, 0.717) is 25.8 Å². The highest BCUT2D eigenvalue weighted by Crippen LogP contribution is 2.17. The van der Waals surface area contributed by atoms with Crippen LogP contribution >= 0.6 is 0 Å². The molecule has 0 aromatic rings. The Labute approximate surface area is 188 Å². The van der Waals surface area contributed by atoms with Gasteiger partial charge in [-0.1, -0.05) is 13.8 Å². The van der Waals surface area contributed by atoms with E-state index in [0.717, 1.165) is 0 Å². The first-order chi connectivity index (χ1) is 14.7. The number of amides is 4. The summed E-state index contributed by atoms with van der Waals surface area (Å²) < 4.78 is 5.12. The van der Waals surface area contributed by atoms with Crippen LogP contribution in [0.5, 0.6) is 0 Å². The van der Waals surface area contributed by atoms with Crippen molar-refractivity contribution in [3.63, 3.8) is 0 Å². The van der Waals surface area contributed by atoms with Crippen LogP contribution in [0.1, 0.15) is 60.8 Å². The molecule has 1 aliphatic heterocycles. The molecule has 0 aromatic carbocycles. The Morgan fingerprint density at radius 3 is 2.22 bits per heavy atom. The molecule has 0 unspecified atom stereocenters. The summed E-state index contributed by atoms with van der Waals surface area (Å²) in [5.74, 6) is -2.63. The second kappa shape index (κ2) is 11.7. The zero-order chi connectivity index (χ0) is 24.6. The maximum atomic E-state index is 12.7. The minimum absolute atomic E-state index is 0.0610. The van der Waals surface area contributed by atoms with Crippen molar-refractivity contribution in [1.82, 2.24) is 20.9 Å². The number of likely N-dealkylation sites (tertiary alicyclic amines) is 1. The van der Waals surface area contributed by atoms with Crippen molar-refractivity contribution in [3.8, 4) is 0 Å². The number of alkyl carbamates (subject to hydrolysis) is 1. The first-order valence-electron chi connectivity index (χ1n) is 10.8. The predicted molar refractivity (Wildman–Crippen MR) is 116 cm³/mol. The van der Waals surface area contributed by atoms with Crippen molar-refractivity contribution in [1.29, 1.82) is 0 Å². The summed E-state index contributed by atoms with van der Waals surface area (Å²) in [6.07, 6.45) is 0.524. The van der Waals surface area contributed by atoms with Crippen LogP contribution in [0.2, 0.25) is 0 Å². The van der Waals surface area contributed by atoms with Crippen LogP contribution in [-0.4, -0.2) is 76.6 Å². The fraction of sp³-hybridized carbons (Fsp3) is 0.762. The normalized spacial score (nSPS) is 18.0. The van der Waals surface area contributed by atoms with Crippen molar-refractivity contribution in [3.05, 3.63) is 0 Å². The van der Waals surface area contributed by atoms with Crippen LogP contribution in [0.25, 0.3) is 0 Å². The minimum atomic E-state index is -1.07. The van der Waals surface area contributed by atoms with Crippen LogP contribution < -0.4 is 16.0 Å². The van der Waals surface area contributed by atoms with Crippen molar-refractivity contribution in [2.75, 3.05) is 13.1 Å². The molecule has 4 amide bonds. The molecular formula is C21H36N4O7. The van der Waals surface area contributed by atoms with E-state index in [9.17, 15) is 29.1 Å². The molecule has 182 valence electrons. The molecule has 0 aromatic heterocycles. The number of carbonyl (C=O) groups is 5. The van der Waals surface area contributed by atoms with Gasteiger partial charge in [0.2, 0.25) is 17.7 Å². The van der Waals surface area contributed by atoms with E-state index in [1.165, 1.54) is 11.8 Å². The van der Waals surface area contributed by atoms with Crippen LogP contribution in [-0.2, 0) is 23.9 Å². The third kappa shape index (κ3) is 9.11. The minimum Gasteiger partial charge on any atom is -0.480 e. The number of carboxylic acids is 1. The molecule has 11 nitrogen and oxygen atoms in total. The van der Waals surface area contributed by atoms with E-state index in [-0.39, 0.29) is 12.5 Å². The zero-order valence-corrected chi connectivity index (χ0v) is 19.7. The number of nitrogens with zero attached hydrogens (tertiary/aromatic N) is 1. The molecule has 1 rings (SSSR count). The molecule has 0 aliphatic carbocycles. The Hall–Kier alpha value is -2.85. The van der Waals surface area contributed by atoms with E-state index in [4.69, 9.17) is 4.74 Å². The lowest BCUT2D eigenvalue weighted by Gasteiger charge is -2.25. The number of rotatable bonds is 9. The van der Waals surface area contributed by atoms with Crippen molar-refractivity contribution < 1.29 is 33.8 Å². The van der Waals surface area contributed by atoms with E-state index in [1.807, 2.05) is 13.8 Å². The van der Waals surface area contributed by atoms with Gasteiger partial charge in [-0.25, -0.2) is 9.59 Å². The van der Waals surface area contributed by atoms with Gasteiger partial charge in [0.1, 0.15) is 23.7 Å². The Morgan fingerprint density at radius 1 is 1.06 bits per heavy atom. The van der Waals surface area contributed by atoms with Gasteiger partial charge in [-0.2, -0.15) is 0 Å². The van der Waals surface area contributed by atoms with Crippen LogP contribution in [0, 0.1) is 5.92 Å². The summed E-state index contributed by atoms with van der Waals surface area (Å²) in [5, 5.41) is 16.7. The average Bonchev–Trinajstić information content (AvgIpc) is 3.13. The van der Waals surface area contributed by atoms with Gasteiger partial charge < -0.3 is 30.7 Å².